The first-order chi connectivity index (χ1) is 13.7. The van der Waals surface area contributed by atoms with Gasteiger partial charge in [0.05, 0.1) is 0 Å². The molecule has 2 aromatic rings. The smallest absolute Gasteiger partial charge is 0.355 e. The number of halogens is 1. The molecule has 10 heteroatoms. The Morgan fingerprint density at radius 1 is 1.21 bits per heavy atom. The predicted octanol–water partition coefficient (Wildman–Crippen LogP) is 1.67. The fraction of sp³-hybridized carbons (Fsp3) is 0.368. The quantitative estimate of drug-likeness (QED) is 0.617. The van der Waals surface area contributed by atoms with Crippen molar-refractivity contribution in [2.75, 3.05) is 19.7 Å². The number of sulfonamides is 1. The van der Waals surface area contributed by atoms with Crippen LogP contribution in [0.1, 0.15) is 29.9 Å². The largest absolute Gasteiger partial charge is 0.451 e. The van der Waals surface area contributed by atoms with E-state index in [1.807, 2.05) is 0 Å². The lowest BCUT2D eigenvalue weighted by Gasteiger charge is -2.17. The highest BCUT2D eigenvalue weighted by Crippen LogP contribution is 2.19. The van der Waals surface area contributed by atoms with E-state index in [0.717, 1.165) is 0 Å². The van der Waals surface area contributed by atoms with Crippen molar-refractivity contribution in [3.8, 4) is 0 Å². The van der Waals surface area contributed by atoms with Gasteiger partial charge in [-0.3, -0.25) is 4.79 Å². The summed E-state index contributed by atoms with van der Waals surface area (Å²) >= 11 is 0. The molecular weight excluding hydrogens is 401 g/mol. The van der Waals surface area contributed by atoms with Crippen LogP contribution in [0.4, 0.5) is 4.39 Å². The summed E-state index contributed by atoms with van der Waals surface area (Å²) in [7, 11) is -2.21. The molecule has 0 aliphatic carbocycles. The van der Waals surface area contributed by atoms with Crippen molar-refractivity contribution in [3.05, 3.63) is 53.6 Å². The highest BCUT2D eigenvalue weighted by molar-refractivity contribution is 7.89. The van der Waals surface area contributed by atoms with Crippen LogP contribution in [0.15, 0.2) is 41.4 Å². The Balaban J connectivity index is 1.98. The Morgan fingerprint density at radius 2 is 1.86 bits per heavy atom. The zero-order chi connectivity index (χ0) is 21.6. The first-order valence-corrected chi connectivity index (χ1v) is 10.5. The summed E-state index contributed by atoms with van der Waals surface area (Å²) in [5.74, 6) is -1.89. The fourth-order valence-electron chi connectivity index (χ4n) is 2.68. The monoisotopic (exact) mass is 425 g/mol. The number of nitrogens with one attached hydrogen (secondary N) is 1. The van der Waals surface area contributed by atoms with Crippen LogP contribution in [0.2, 0.25) is 0 Å². The van der Waals surface area contributed by atoms with Gasteiger partial charge in [0.25, 0.3) is 5.91 Å². The minimum absolute atomic E-state index is 0.00219. The van der Waals surface area contributed by atoms with Crippen LogP contribution in [-0.2, 0) is 33.1 Å². The third-order valence-electron chi connectivity index (χ3n) is 4.30. The maximum Gasteiger partial charge on any atom is 0.355 e. The van der Waals surface area contributed by atoms with Crippen LogP contribution >= 0.6 is 0 Å². The lowest BCUT2D eigenvalue weighted by molar-refractivity contribution is -0.124. The molecule has 0 saturated carbocycles. The first kappa shape index (κ1) is 22.6. The molecule has 0 fully saturated rings. The van der Waals surface area contributed by atoms with Crippen molar-refractivity contribution < 1.29 is 27.1 Å². The lowest BCUT2D eigenvalue weighted by Crippen LogP contribution is -2.30. The van der Waals surface area contributed by atoms with Gasteiger partial charge >= 0.3 is 5.97 Å². The standard InChI is InChI=1S/C19H24FN3O5S/c1-4-23(5-2)29(26,27)15-10-17(22(3)12-15)19(25)28-13-18(24)21-11-14-8-6-7-9-16(14)20/h6-10,12H,4-5,11,13H2,1-3H3,(H,21,24). The maximum absolute atomic E-state index is 13.5. The van der Waals surface area contributed by atoms with E-state index < -0.39 is 34.3 Å². The van der Waals surface area contributed by atoms with Crippen LogP contribution in [0, 0.1) is 5.82 Å². The minimum Gasteiger partial charge on any atom is -0.451 e. The number of aromatic nitrogens is 1. The molecule has 0 aliphatic heterocycles. The molecule has 158 valence electrons. The molecule has 1 amide bonds. The van der Waals surface area contributed by atoms with Gasteiger partial charge < -0.3 is 14.6 Å². The summed E-state index contributed by atoms with van der Waals surface area (Å²) in [4.78, 5) is 24.1. The Bertz CT molecular complexity index is 983. The average Bonchev–Trinajstić information content (AvgIpc) is 3.09. The number of rotatable bonds is 9. The van der Waals surface area contributed by atoms with E-state index in [0.29, 0.717) is 18.7 Å². The second-order valence-electron chi connectivity index (χ2n) is 6.21. The Kier molecular flexibility index (Phi) is 7.52. The second kappa shape index (κ2) is 9.66. The summed E-state index contributed by atoms with van der Waals surface area (Å²) < 4.78 is 46.2. The van der Waals surface area contributed by atoms with Gasteiger partial charge in [-0.05, 0) is 12.1 Å². The highest BCUT2D eigenvalue weighted by Gasteiger charge is 2.26. The molecule has 1 N–H and O–H groups in total. The maximum atomic E-state index is 13.5. The number of hydrogen-bond donors (Lipinski definition) is 1. The van der Waals surface area contributed by atoms with Gasteiger partial charge in [-0.25, -0.2) is 17.6 Å². The lowest BCUT2D eigenvalue weighted by atomic mass is 10.2. The molecule has 0 spiro atoms. The number of benzene rings is 1. The van der Waals surface area contributed by atoms with Crippen molar-refractivity contribution >= 4 is 21.9 Å². The SMILES string of the molecule is CCN(CC)S(=O)(=O)c1cc(C(=O)OCC(=O)NCc2ccccc2F)n(C)c1. The minimum atomic E-state index is -3.72. The molecule has 2 rings (SSSR count). The van der Waals surface area contributed by atoms with E-state index >= 15 is 0 Å². The highest BCUT2D eigenvalue weighted by atomic mass is 32.2. The van der Waals surface area contributed by atoms with Crippen LogP contribution in [0.25, 0.3) is 0 Å². The number of carbonyl (C=O) groups excluding carboxylic acids is 2. The number of esters is 1. The van der Waals surface area contributed by atoms with Gasteiger partial charge in [0.2, 0.25) is 10.0 Å². The molecule has 1 aromatic heterocycles. The molecule has 8 nitrogen and oxygen atoms in total. The summed E-state index contributed by atoms with van der Waals surface area (Å²) in [5.41, 5.74) is 0.304. The average molecular weight is 425 g/mol. The Hall–Kier alpha value is -2.72. The Morgan fingerprint density at radius 3 is 2.48 bits per heavy atom. The van der Waals surface area contributed by atoms with E-state index in [1.165, 1.54) is 46.4 Å². The molecule has 0 radical (unpaired) electrons. The second-order valence-corrected chi connectivity index (χ2v) is 8.14. The van der Waals surface area contributed by atoms with Crippen molar-refractivity contribution in [2.45, 2.75) is 25.3 Å². The van der Waals surface area contributed by atoms with E-state index in [1.54, 1.807) is 19.9 Å². The molecule has 0 unspecified atom stereocenters. The van der Waals surface area contributed by atoms with Crippen LogP contribution in [0.5, 0.6) is 0 Å². The number of hydrogen-bond acceptors (Lipinski definition) is 5. The first-order valence-electron chi connectivity index (χ1n) is 9.04. The zero-order valence-corrected chi connectivity index (χ0v) is 17.3. The predicted molar refractivity (Wildman–Crippen MR) is 104 cm³/mol. The van der Waals surface area contributed by atoms with Crippen LogP contribution < -0.4 is 5.32 Å². The molecule has 0 atom stereocenters. The number of nitrogens with zero attached hydrogens (tertiary/aromatic N) is 2. The number of amides is 1. The molecule has 0 bridgehead atoms. The van der Waals surface area contributed by atoms with E-state index in [4.69, 9.17) is 4.74 Å². The van der Waals surface area contributed by atoms with Gasteiger partial charge in [-0.15, -0.1) is 0 Å². The Labute approximate surface area is 169 Å². The van der Waals surface area contributed by atoms with Crippen molar-refractivity contribution in [1.82, 2.24) is 14.2 Å². The molecule has 1 heterocycles. The normalized spacial score (nSPS) is 11.5. The summed E-state index contributed by atoms with van der Waals surface area (Å²) in [6.07, 6.45) is 1.32. The number of ether oxygens (including phenoxy) is 1. The van der Waals surface area contributed by atoms with Crippen LogP contribution in [0.3, 0.4) is 0 Å². The van der Waals surface area contributed by atoms with Gasteiger partial charge in [-0.1, -0.05) is 32.0 Å². The van der Waals surface area contributed by atoms with E-state index in [9.17, 15) is 22.4 Å². The molecule has 0 saturated heterocycles. The van der Waals surface area contributed by atoms with Crippen molar-refractivity contribution in [3.63, 3.8) is 0 Å². The third-order valence-corrected chi connectivity index (χ3v) is 6.32. The van der Waals surface area contributed by atoms with Crippen molar-refractivity contribution in [1.29, 1.82) is 0 Å². The van der Waals surface area contributed by atoms with Gasteiger partial charge in [0.1, 0.15) is 16.4 Å². The molecule has 29 heavy (non-hydrogen) atoms. The molecule has 0 aliphatic rings. The zero-order valence-electron chi connectivity index (χ0n) is 16.5. The van der Waals surface area contributed by atoms with E-state index in [2.05, 4.69) is 5.32 Å². The van der Waals surface area contributed by atoms with Gasteiger partial charge in [0.15, 0.2) is 6.61 Å². The number of carbonyl (C=O) groups is 2. The van der Waals surface area contributed by atoms with Crippen LogP contribution in [-0.4, -0.2) is 48.9 Å². The molecular formula is C19H24FN3O5S. The fourth-order valence-corrected chi connectivity index (χ4v) is 4.21. The van der Waals surface area contributed by atoms with Gasteiger partial charge in [-0.2, -0.15) is 4.31 Å². The van der Waals surface area contributed by atoms with Crippen molar-refractivity contribution in [2.24, 2.45) is 7.05 Å². The third kappa shape index (κ3) is 5.42. The van der Waals surface area contributed by atoms with Gasteiger partial charge in [0, 0.05) is 38.4 Å². The summed E-state index contributed by atoms with van der Waals surface area (Å²) in [6.45, 7) is 3.43. The molecule has 1 aromatic carbocycles. The topological polar surface area (TPSA) is 97.7 Å². The summed E-state index contributed by atoms with van der Waals surface area (Å²) in [6, 6.07) is 7.21. The number of aryl methyl sites for hydroxylation is 1. The van der Waals surface area contributed by atoms with E-state index in [-0.39, 0.29) is 17.1 Å². The summed E-state index contributed by atoms with van der Waals surface area (Å²) in [5, 5.41) is 2.46.